The minimum absolute atomic E-state index is 0.0530. The Kier molecular flexibility index (Phi) is 5.44. The van der Waals surface area contributed by atoms with Crippen molar-refractivity contribution in [1.82, 2.24) is 10.3 Å². The lowest BCUT2D eigenvalue weighted by Crippen LogP contribution is -2.29. The molecule has 22 heavy (non-hydrogen) atoms. The van der Waals surface area contributed by atoms with Crippen molar-refractivity contribution in [2.24, 2.45) is 5.92 Å². The van der Waals surface area contributed by atoms with Gasteiger partial charge in [-0.25, -0.2) is 0 Å². The predicted molar refractivity (Wildman–Crippen MR) is 87.0 cm³/mol. The van der Waals surface area contributed by atoms with E-state index in [4.69, 9.17) is 4.74 Å². The molecular weight excluding hydrogens is 280 g/mol. The van der Waals surface area contributed by atoms with Gasteiger partial charge in [-0.3, -0.25) is 4.79 Å². The summed E-state index contributed by atoms with van der Waals surface area (Å²) < 4.78 is 5.36. The molecule has 0 aliphatic rings. The van der Waals surface area contributed by atoms with E-state index in [1.807, 2.05) is 38.2 Å². The summed E-state index contributed by atoms with van der Waals surface area (Å²) in [6, 6.07) is 5.75. The zero-order chi connectivity index (χ0) is 16.1. The molecule has 0 aliphatic carbocycles. The third-order valence-corrected chi connectivity index (χ3v) is 3.85. The van der Waals surface area contributed by atoms with E-state index < -0.39 is 0 Å². The molecule has 3 N–H and O–H groups in total. The van der Waals surface area contributed by atoms with Crippen molar-refractivity contribution in [3.63, 3.8) is 0 Å². The smallest absolute Gasteiger partial charge is 0.224 e. The topological polar surface area (TPSA) is 74.4 Å². The number of benzene rings is 1. The van der Waals surface area contributed by atoms with Gasteiger partial charge in [-0.15, -0.1) is 0 Å². The van der Waals surface area contributed by atoms with Gasteiger partial charge in [0.25, 0.3) is 0 Å². The zero-order valence-electron chi connectivity index (χ0n) is 13.3. The van der Waals surface area contributed by atoms with E-state index in [9.17, 15) is 9.90 Å². The van der Waals surface area contributed by atoms with Crippen LogP contribution in [0.1, 0.15) is 25.8 Å². The Balaban J connectivity index is 1.97. The van der Waals surface area contributed by atoms with Crippen molar-refractivity contribution in [2.45, 2.75) is 32.8 Å². The van der Waals surface area contributed by atoms with E-state index in [1.165, 1.54) is 0 Å². The molecule has 0 spiro atoms. The Morgan fingerprint density at radius 1 is 1.41 bits per heavy atom. The van der Waals surface area contributed by atoms with Crippen molar-refractivity contribution in [3.05, 3.63) is 30.0 Å². The minimum Gasteiger partial charge on any atom is -0.496 e. The molecule has 2 aromatic rings. The van der Waals surface area contributed by atoms with Gasteiger partial charge >= 0.3 is 0 Å². The highest BCUT2D eigenvalue weighted by molar-refractivity contribution is 5.93. The van der Waals surface area contributed by atoms with Crippen LogP contribution in [0, 0.1) is 5.92 Å². The lowest BCUT2D eigenvalue weighted by Gasteiger charge is -2.14. The number of fused-ring (bicyclic) bond motifs is 1. The number of nitrogens with one attached hydrogen (secondary N) is 2. The van der Waals surface area contributed by atoms with Crippen LogP contribution in [0.4, 0.5) is 0 Å². The average Bonchev–Trinajstić information content (AvgIpc) is 2.90. The lowest BCUT2D eigenvalue weighted by molar-refractivity contribution is -0.120. The fourth-order valence-corrected chi connectivity index (χ4v) is 2.46. The summed E-state index contributed by atoms with van der Waals surface area (Å²) in [5, 5.41) is 13.5. The van der Waals surface area contributed by atoms with E-state index in [0.29, 0.717) is 13.0 Å². The van der Waals surface area contributed by atoms with E-state index in [1.54, 1.807) is 7.11 Å². The molecule has 1 aromatic heterocycles. The molecule has 2 rings (SSSR count). The number of rotatable bonds is 7. The third-order valence-electron chi connectivity index (χ3n) is 3.85. The quantitative estimate of drug-likeness (QED) is 0.734. The summed E-state index contributed by atoms with van der Waals surface area (Å²) in [6.07, 6.45) is 2.32. The van der Waals surface area contributed by atoms with Crippen molar-refractivity contribution >= 4 is 16.8 Å². The molecule has 0 saturated carbocycles. The Hall–Kier alpha value is -2.01. The largest absolute Gasteiger partial charge is 0.496 e. The average molecular weight is 304 g/mol. The number of aliphatic hydroxyl groups excluding tert-OH is 1. The van der Waals surface area contributed by atoms with Crippen LogP contribution >= 0.6 is 0 Å². The molecule has 0 fully saturated rings. The molecule has 120 valence electrons. The summed E-state index contributed by atoms with van der Waals surface area (Å²) >= 11 is 0. The molecule has 1 heterocycles. The molecule has 0 bridgehead atoms. The van der Waals surface area contributed by atoms with Crippen LogP contribution in [0.15, 0.2) is 24.4 Å². The van der Waals surface area contributed by atoms with E-state index >= 15 is 0 Å². The second-order valence-corrected chi connectivity index (χ2v) is 5.82. The van der Waals surface area contributed by atoms with Crippen LogP contribution in [0.5, 0.6) is 5.75 Å². The summed E-state index contributed by atoms with van der Waals surface area (Å²) in [5.74, 6) is 0.911. The van der Waals surface area contributed by atoms with Gasteiger partial charge in [0.1, 0.15) is 5.75 Å². The molecule has 5 nitrogen and oxygen atoms in total. The highest BCUT2D eigenvalue weighted by Gasteiger charge is 2.13. The zero-order valence-corrected chi connectivity index (χ0v) is 13.3. The van der Waals surface area contributed by atoms with Gasteiger partial charge in [0, 0.05) is 23.6 Å². The molecule has 0 saturated heterocycles. The van der Waals surface area contributed by atoms with Crippen LogP contribution in [0.25, 0.3) is 10.9 Å². The first-order valence-electron chi connectivity index (χ1n) is 7.60. The lowest BCUT2D eigenvalue weighted by atomic mass is 10.0. The first-order chi connectivity index (χ1) is 10.5. The van der Waals surface area contributed by atoms with Crippen molar-refractivity contribution in [3.8, 4) is 5.75 Å². The number of hydrogen-bond acceptors (Lipinski definition) is 3. The number of aromatic nitrogens is 1. The van der Waals surface area contributed by atoms with Crippen molar-refractivity contribution < 1.29 is 14.6 Å². The number of methoxy groups -OCH3 is 1. The molecule has 1 amide bonds. The Morgan fingerprint density at radius 2 is 2.18 bits per heavy atom. The van der Waals surface area contributed by atoms with Gasteiger partial charge in [0.05, 0.1) is 19.6 Å². The maximum atomic E-state index is 12.1. The number of ether oxygens (including phenoxy) is 1. The Bertz CT molecular complexity index is 634. The van der Waals surface area contributed by atoms with E-state index in [2.05, 4.69) is 10.3 Å². The van der Waals surface area contributed by atoms with Gasteiger partial charge in [0.2, 0.25) is 5.91 Å². The second-order valence-electron chi connectivity index (χ2n) is 5.82. The number of H-pyrrole nitrogens is 1. The van der Waals surface area contributed by atoms with Crippen molar-refractivity contribution in [1.29, 1.82) is 0 Å². The normalized spacial score (nSPS) is 12.6. The fourth-order valence-electron chi connectivity index (χ4n) is 2.46. The van der Waals surface area contributed by atoms with Crippen LogP contribution in [0.3, 0.4) is 0 Å². The number of carbonyl (C=O) groups excluding carboxylic acids is 1. The SMILES string of the molecule is COc1cccc2[nH]cc(CC(=O)NCCC(O)C(C)C)c12. The van der Waals surface area contributed by atoms with Gasteiger partial charge in [0.15, 0.2) is 0 Å². The molecule has 1 atom stereocenters. The van der Waals surface area contributed by atoms with Gasteiger partial charge in [-0.2, -0.15) is 0 Å². The third kappa shape index (κ3) is 3.80. The van der Waals surface area contributed by atoms with Gasteiger partial charge in [-0.1, -0.05) is 19.9 Å². The number of amides is 1. The first-order valence-corrected chi connectivity index (χ1v) is 7.60. The minimum atomic E-state index is -0.381. The van der Waals surface area contributed by atoms with Crippen LogP contribution < -0.4 is 10.1 Å². The molecule has 1 unspecified atom stereocenters. The first kappa shape index (κ1) is 16.4. The fraction of sp³-hybridized carbons (Fsp3) is 0.471. The molecule has 1 aromatic carbocycles. The van der Waals surface area contributed by atoms with Gasteiger partial charge in [-0.05, 0) is 30.0 Å². The summed E-state index contributed by atoms with van der Waals surface area (Å²) in [7, 11) is 1.62. The summed E-state index contributed by atoms with van der Waals surface area (Å²) in [6.45, 7) is 4.41. The van der Waals surface area contributed by atoms with Gasteiger partial charge < -0.3 is 20.1 Å². The van der Waals surface area contributed by atoms with Crippen LogP contribution in [-0.2, 0) is 11.2 Å². The number of carbonyl (C=O) groups is 1. The molecule has 5 heteroatoms. The Morgan fingerprint density at radius 3 is 2.86 bits per heavy atom. The van der Waals surface area contributed by atoms with E-state index in [0.717, 1.165) is 22.2 Å². The number of aromatic amines is 1. The van der Waals surface area contributed by atoms with E-state index in [-0.39, 0.29) is 24.3 Å². The molecular formula is C17H24N2O3. The highest BCUT2D eigenvalue weighted by atomic mass is 16.5. The summed E-state index contributed by atoms with van der Waals surface area (Å²) in [4.78, 5) is 15.2. The maximum absolute atomic E-state index is 12.1. The molecule has 0 aliphatic heterocycles. The Labute approximate surface area is 130 Å². The standard InChI is InChI=1S/C17H24N2O3/c1-11(2)14(20)7-8-18-16(21)9-12-10-19-13-5-4-6-15(22-3)17(12)13/h4-6,10-11,14,19-20H,7-9H2,1-3H3,(H,18,21). The monoisotopic (exact) mass is 304 g/mol. The second kappa shape index (κ2) is 7.31. The summed E-state index contributed by atoms with van der Waals surface area (Å²) in [5.41, 5.74) is 1.87. The highest BCUT2D eigenvalue weighted by Crippen LogP contribution is 2.28. The van der Waals surface area contributed by atoms with Crippen LogP contribution in [-0.4, -0.2) is 35.8 Å². The van der Waals surface area contributed by atoms with Crippen LogP contribution in [0.2, 0.25) is 0 Å². The predicted octanol–water partition coefficient (Wildman–Crippen LogP) is 2.24. The molecule has 0 radical (unpaired) electrons. The number of hydrogen-bond donors (Lipinski definition) is 3. The van der Waals surface area contributed by atoms with Crippen molar-refractivity contribution in [2.75, 3.05) is 13.7 Å². The maximum Gasteiger partial charge on any atom is 0.224 e. The number of aliphatic hydroxyl groups is 1.